The first-order chi connectivity index (χ1) is 19.1. The van der Waals surface area contributed by atoms with E-state index in [0.29, 0.717) is 24.3 Å². The molecular formula is C30H47N5O5. The van der Waals surface area contributed by atoms with Crippen LogP contribution in [0.25, 0.3) is 0 Å². The van der Waals surface area contributed by atoms with Crippen LogP contribution in [0.1, 0.15) is 76.6 Å². The van der Waals surface area contributed by atoms with Crippen LogP contribution in [0.3, 0.4) is 0 Å². The molecule has 4 amide bonds. The minimum Gasteiger partial charge on any atom is -0.491 e. The second-order valence-electron chi connectivity index (χ2n) is 11.7. The number of piperidine rings is 1. The summed E-state index contributed by atoms with van der Waals surface area (Å²) in [5.74, 6) is -0.896. The van der Waals surface area contributed by atoms with Gasteiger partial charge in [-0.15, -0.1) is 0 Å². The summed E-state index contributed by atoms with van der Waals surface area (Å²) in [5.41, 5.74) is 0.294. The van der Waals surface area contributed by atoms with Gasteiger partial charge in [0.05, 0.1) is 11.6 Å². The molecule has 2 aliphatic rings. The molecule has 222 valence electrons. The highest BCUT2D eigenvalue weighted by Gasteiger charge is 2.29. The molecule has 0 spiro atoms. The molecular weight excluding hydrogens is 510 g/mol. The Bertz CT molecular complexity index is 1010. The highest BCUT2D eigenvalue weighted by molar-refractivity contribution is 5.99. The smallest absolute Gasteiger partial charge is 0.255 e. The van der Waals surface area contributed by atoms with Gasteiger partial charge in [-0.1, -0.05) is 46.2 Å². The quantitative estimate of drug-likeness (QED) is 0.407. The van der Waals surface area contributed by atoms with Gasteiger partial charge in [-0.3, -0.25) is 19.2 Å². The van der Waals surface area contributed by atoms with Crippen molar-refractivity contribution < 1.29 is 23.9 Å². The molecule has 4 N–H and O–H groups in total. The van der Waals surface area contributed by atoms with Crippen molar-refractivity contribution >= 4 is 23.6 Å². The highest BCUT2D eigenvalue weighted by atomic mass is 16.5. The Morgan fingerprint density at radius 3 is 2.45 bits per heavy atom. The predicted molar refractivity (Wildman–Crippen MR) is 154 cm³/mol. The summed E-state index contributed by atoms with van der Waals surface area (Å²) in [4.78, 5) is 55.1. The number of carbonyl (C=O) groups is 4. The zero-order valence-corrected chi connectivity index (χ0v) is 24.5. The number of nitrogens with one attached hydrogen (secondary N) is 4. The first kappa shape index (κ1) is 31.4. The molecule has 1 aromatic rings. The lowest BCUT2D eigenvalue weighted by Crippen LogP contribution is -2.53. The summed E-state index contributed by atoms with van der Waals surface area (Å²) in [6, 6.07) is 4.90. The summed E-state index contributed by atoms with van der Waals surface area (Å²) < 4.78 is 6.07. The number of rotatable bonds is 7. The molecule has 3 rings (SSSR count). The van der Waals surface area contributed by atoms with Crippen LogP contribution in [0.4, 0.5) is 0 Å². The second kappa shape index (κ2) is 15.6. The van der Waals surface area contributed by atoms with Gasteiger partial charge in [0, 0.05) is 19.5 Å². The molecule has 0 aromatic heterocycles. The topological polar surface area (TPSA) is 129 Å². The number of hydrogen-bond donors (Lipinski definition) is 4. The van der Waals surface area contributed by atoms with Crippen molar-refractivity contribution in [2.24, 2.45) is 11.8 Å². The van der Waals surface area contributed by atoms with Crippen molar-refractivity contribution in [3.63, 3.8) is 0 Å². The molecule has 40 heavy (non-hydrogen) atoms. The Labute approximate surface area is 238 Å². The van der Waals surface area contributed by atoms with Crippen molar-refractivity contribution in [2.75, 3.05) is 32.8 Å². The minimum absolute atomic E-state index is 0.0193. The third-order valence-electron chi connectivity index (χ3n) is 7.40. The van der Waals surface area contributed by atoms with E-state index in [1.54, 1.807) is 24.3 Å². The minimum atomic E-state index is -0.919. The van der Waals surface area contributed by atoms with Crippen molar-refractivity contribution in [1.82, 2.24) is 26.2 Å². The fourth-order valence-corrected chi connectivity index (χ4v) is 5.20. The maximum Gasteiger partial charge on any atom is 0.255 e. The fourth-order valence-electron chi connectivity index (χ4n) is 5.20. The average Bonchev–Trinajstić information content (AvgIpc) is 2.92. The summed E-state index contributed by atoms with van der Waals surface area (Å²) in [6.45, 7) is 11.3. The number of fused-ring (bicyclic) bond motifs is 1. The van der Waals surface area contributed by atoms with Gasteiger partial charge in [0.15, 0.2) is 0 Å². The Hall–Kier alpha value is -3.14. The number of carbonyl (C=O) groups excluding carboxylic acids is 4. The van der Waals surface area contributed by atoms with E-state index in [-0.39, 0.29) is 55.0 Å². The molecule has 1 saturated heterocycles. The number of likely N-dealkylation sites (tertiary alicyclic amines) is 1. The van der Waals surface area contributed by atoms with Gasteiger partial charge >= 0.3 is 0 Å². The van der Waals surface area contributed by atoms with Crippen LogP contribution >= 0.6 is 0 Å². The highest BCUT2D eigenvalue weighted by Crippen LogP contribution is 2.20. The molecule has 3 atom stereocenters. The number of hydrogen-bond acceptors (Lipinski definition) is 6. The molecule has 0 saturated carbocycles. The van der Waals surface area contributed by atoms with Gasteiger partial charge in [0.1, 0.15) is 24.4 Å². The van der Waals surface area contributed by atoms with E-state index < -0.39 is 18.0 Å². The van der Waals surface area contributed by atoms with Gasteiger partial charge in [-0.05, 0) is 62.7 Å². The Kier molecular flexibility index (Phi) is 12.2. The summed E-state index contributed by atoms with van der Waals surface area (Å²) in [7, 11) is 0. The zero-order chi connectivity index (χ0) is 29.1. The number of amides is 4. The van der Waals surface area contributed by atoms with Gasteiger partial charge in [0.25, 0.3) is 5.91 Å². The van der Waals surface area contributed by atoms with Crippen molar-refractivity contribution in [1.29, 1.82) is 0 Å². The van der Waals surface area contributed by atoms with Crippen LogP contribution in [0.15, 0.2) is 24.3 Å². The third-order valence-corrected chi connectivity index (χ3v) is 7.40. The third kappa shape index (κ3) is 9.80. The maximum atomic E-state index is 13.4. The van der Waals surface area contributed by atoms with Crippen LogP contribution in [-0.4, -0.2) is 79.4 Å². The molecule has 2 heterocycles. The first-order valence-electron chi connectivity index (χ1n) is 14.8. The fraction of sp³-hybridized carbons (Fsp3) is 0.667. The van der Waals surface area contributed by atoms with Gasteiger partial charge in [0.2, 0.25) is 17.7 Å². The average molecular weight is 558 g/mol. The molecule has 2 aliphatic heterocycles. The largest absolute Gasteiger partial charge is 0.491 e. The lowest BCUT2D eigenvalue weighted by Gasteiger charge is -2.27. The van der Waals surface area contributed by atoms with Crippen LogP contribution in [0, 0.1) is 11.8 Å². The van der Waals surface area contributed by atoms with Crippen LogP contribution in [0.2, 0.25) is 0 Å². The first-order valence-corrected chi connectivity index (χ1v) is 14.8. The second-order valence-corrected chi connectivity index (χ2v) is 11.7. The monoisotopic (exact) mass is 557 g/mol. The standard InChI is InChI=1S/C30H47N5O5/c1-20(2)18-22-19-40-25-11-7-6-10-23(25)28(37)33-24(29(38)31-14-17-35-15-8-5-9-16-35)12-13-26(36)34-27(21(3)4)30(39)32-22/h6-7,10-11,20-22,24,27H,5,8-9,12-19H2,1-4H3,(H,31,38)(H,32,39)(H,33,37)(H,34,36)/t22-,24+,27+/m1/s1. The molecule has 0 aliphatic carbocycles. The molecule has 1 aromatic carbocycles. The van der Waals surface area contributed by atoms with Gasteiger partial charge in [-0.2, -0.15) is 0 Å². The number of benzene rings is 1. The van der Waals surface area contributed by atoms with E-state index in [2.05, 4.69) is 40.0 Å². The van der Waals surface area contributed by atoms with Crippen molar-refractivity contribution in [2.45, 2.75) is 84.3 Å². The van der Waals surface area contributed by atoms with Crippen molar-refractivity contribution in [3.05, 3.63) is 29.8 Å². The molecule has 0 bridgehead atoms. The Balaban J connectivity index is 1.80. The zero-order valence-electron chi connectivity index (χ0n) is 24.5. The number of para-hydroxylation sites is 1. The SMILES string of the molecule is CC(C)C[C@@H]1COc2ccccc2C(=O)N[C@H](C(=O)NCCN2CCCCC2)CCC(=O)N[C@@H](C(C)C)C(=O)N1. The van der Waals surface area contributed by atoms with Crippen LogP contribution in [-0.2, 0) is 14.4 Å². The number of nitrogens with zero attached hydrogens (tertiary/aromatic N) is 1. The van der Waals surface area contributed by atoms with E-state index in [9.17, 15) is 19.2 Å². The van der Waals surface area contributed by atoms with E-state index >= 15 is 0 Å². The van der Waals surface area contributed by atoms with Crippen LogP contribution in [0.5, 0.6) is 5.75 Å². The Morgan fingerprint density at radius 2 is 1.75 bits per heavy atom. The normalized spacial score (nSPS) is 23.6. The summed E-state index contributed by atoms with van der Waals surface area (Å²) in [6.07, 6.45) is 4.31. The van der Waals surface area contributed by atoms with E-state index in [1.165, 1.54) is 6.42 Å². The Morgan fingerprint density at radius 1 is 1.02 bits per heavy atom. The van der Waals surface area contributed by atoms with Crippen LogP contribution < -0.4 is 26.0 Å². The molecule has 0 unspecified atom stereocenters. The van der Waals surface area contributed by atoms with E-state index in [0.717, 1.165) is 32.5 Å². The maximum absolute atomic E-state index is 13.4. The van der Waals surface area contributed by atoms with E-state index in [1.807, 2.05) is 13.8 Å². The summed E-state index contributed by atoms with van der Waals surface area (Å²) >= 11 is 0. The summed E-state index contributed by atoms with van der Waals surface area (Å²) in [5, 5.41) is 11.7. The number of ether oxygens (including phenoxy) is 1. The van der Waals surface area contributed by atoms with Crippen molar-refractivity contribution in [3.8, 4) is 5.75 Å². The van der Waals surface area contributed by atoms with E-state index in [4.69, 9.17) is 4.74 Å². The molecule has 0 radical (unpaired) electrons. The molecule has 10 heteroatoms. The van der Waals surface area contributed by atoms with Gasteiger partial charge < -0.3 is 30.9 Å². The lowest BCUT2D eigenvalue weighted by molar-refractivity contribution is -0.131. The van der Waals surface area contributed by atoms with Gasteiger partial charge in [-0.25, -0.2) is 0 Å². The molecule has 1 fully saturated rings. The predicted octanol–water partition coefficient (Wildman–Crippen LogP) is 2.23. The molecule has 10 nitrogen and oxygen atoms in total. The lowest BCUT2D eigenvalue weighted by atomic mass is 10.00.